The maximum Gasteiger partial charge on any atom is 0.262 e. The number of rotatable bonds is 8. The normalized spacial score (nSPS) is 23.5. The molecule has 0 unspecified atom stereocenters. The van der Waals surface area contributed by atoms with Crippen LogP contribution in [0.2, 0.25) is 0 Å². The highest BCUT2D eigenvalue weighted by molar-refractivity contribution is 7.89. The molecule has 2 aliphatic carbocycles. The van der Waals surface area contributed by atoms with E-state index in [1.54, 1.807) is 12.1 Å². The molecule has 0 heterocycles. The van der Waals surface area contributed by atoms with Crippen LogP contribution in [0.1, 0.15) is 38.2 Å². The van der Waals surface area contributed by atoms with Crippen LogP contribution in [0.25, 0.3) is 0 Å². The van der Waals surface area contributed by atoms with E-state index in [1.165, 1.54) is 31.4 Å². The molecule has 2 bridgehead atoms. The van der Waals surface area contributed by atoms with Crippen LogP contribution in [0.15, 0.2) is 53.4 Å². The molecule has 31 heavy (non-hydrogen) atoms. The van der Waals surface area contributed by atoms with E-state index in [-0.39, 0.29) is 23.5 Å². The van der Waals surface area contributed by atoms with Crippen LogP contribution in [-0.2, 0) is 14.8 Å². The Kier molecular flexibility index (Phi) is 6.34. The molecule has 0 aromatic heterocycles. The minimum Gasteiger partial charge on any atom is -0.483 e. The van der Waals surface area contributed by atoms with Crippen molar-refractivity contribution < 1.29 is 17.9 Å². The van der Waals surface area contributed by atoms with E-state index in [0.29, 0.717) is 23.3 Å². The third-order valence-corrected chi connectivity index (χ3v) is 8.25. The van der Waals surface area contributed by atoms with Gasteiger partial charge in [-0.05, 0) is 86.8 Å². The van der Waals surface area contributed by atoms with E-state index in [0.717, 1.165) is 17.9 Å². The van der Waals surface area contributed by atoms with Crippen molar-refractivity contribution in [1.82, 2.24) is 4.72 Å². The molecule has 7 heteroatoms. The predicted octanol–water partition coefficient (Wildman–Crippen LogP) is 4.12. The first-order valence-electron chi connectivity index (χ1n) is 10.9. The lowest BCUT2D eigenvalue weighted by Crippen LogP contribution is -2.40. The smallest absolute Gasteiger partial charge is 0.262 e. The Hall–Kier alpha value is -2.38. The Balaban J connectivity index is 1.31. The Morgan fingerprint density at radius 2 is 1.84 bits per heavy atom. The van der Waals surface area contributed by atoms with Crippen molar-refractivity contribution in [1.29, 1.82) is 0 Å². The lowest BCUT2D eigenvalue weighted by Gasteiger charge is -2.28. The van der Waals surface area contributed by atoms with Crippen LogP contribution >= 0.6 is 0 Å². The maximum atomic E-state index is 12.8. The molecule has 2 saturated carbocycles. The summed E-state index contributed by atoms with van der Waals surface area (Å²) in [7, 11) is -3.60. The fraction of sp³-hybridized carbons (Fsp3) is 0.458. The Morgan fingerprint density at radius 3 is 2.48 bits per heavy atom. The molecule has 0 radical (unpaired) electrons. The molecular formula is C24H30N2O4S. The first kappa shape index (κ1) is 21.8. The molecule has 2 aliphatic rings. The van der Waals surface area contributed by atoms with Gasteiger partial charge in [0.05, 0.1) is 4.90 Å². The van der Waals surface area contributed by atoms with Crippen molar-refractivity contribution in [2.45, 2.75) is 50.5 Å². The number of hydrogen-bond donors (Lipinski definition) is 2. The number of para-hydroxylation sites is 1. The van der Waals surface area contributed by atoms with Gasteiger partial charge in [0.15, 0.2) is 6.61 Å². The molecule has 1 amide bonds. The van der Waals surface area contributed by atoms with Crippen molar-refractivity contribution >= 4 is 21.6 Å². The van der Waals surface area contributed by atoms with Gasteiger partial charge in [-0.25, -0.2) is 13.1 Å². The molecule has 4 atom stereocenters. The largest absolute Gasteiger partial charge is 0.483 e. The second-order valence-corrected chi connectivity index (χ2v) is 10.6. The van der Waals surface area contributed by atoms with Crippen LogP contribution in [0.4, 0.5) is 5.69 Å². The number of carbonyl (C=O) groups is 1. The molecule has 6 nitrogen and oxygen atoms in total. The average molecular weight is 443 g/mol. The minimum absolute atomic E-state index is 0.0710. The van der Waals surface area contributed by atoms with Gasteiger partial charge in [0, 0.05) is 11.7 Å². The van der Waals surface area contributed by atoms with Crippen LogP contribution in [-0.4, -0.2) is 27.0 Å². The lowest BCUT2D eigenvalue weighted by atomic mass is 9.84. The summed E-state index contributed by atoms with van der Waals surface area (Å²) in [6.07, 6.45) is 4.90. The monoisotopic (exact) mass is 442 g/mol. The molecule has 4 rings (SSSR count). The quantitative estimate of drug-likeness (QED) is 0.644. The number of sulfonamides is 1. The van der Waals surface area contributed by atoms with Gasteiger partial charge in [-0.3, -0.25) is 4.79 Å². The van der Waals surface area contributed by atoms with Gasteiger partial charge in [0.25, 0.3) is 5.91 Å². The number of benzene rings is 2. The molecule has 2 N–H and O–H groups in total. The van der Waals surface area contributed by atoms with Crippen molar-refractivity contribution in [3.05, 3.63) is 54.1 Å². The van der Waals surface area contributed by atoms with Gasteiger partial charge in [0.1, 0.15) is 5.75 Å². The molecule has 2 aromatic carbocycles. The summed E-state index contributed by atoms with van der Waals surface area (Å²) in [5, 5.41) is 2.73. The summed E-state index contributed by atoms with van der Waals surface area (Å²) < 4.78 is 34.0. The van der Waals surface area contributed by atoms with Gasteiger partial charge in [0.2, 0.25) is 10.0 Å². The van der Waals surface area contributed by atoms with E-state index in [2.05, 4.69) is 10.0 Å². The number of hydrogen-bond acceptors (Lipinski definition) is 4. The first-order chi connectivity index (χ1) is 14.8. The number of nitrogens with one attached hydrogen (secondary N) is 2. The topological polar surface area (TPSA) is 84.5 Å². The number of aryl methyl sites for hydroxylation is 1. The van der Waals surface area contributed by atoms with Crippen molar-refractivity contribution in [3.8, 4) is 5.75 Å². The summed E-state index contributed by atoms with van der Waals surface area (Å²) >= 11 is 0. The third-order valence-electron chi connectivity index (χ3n) is 6.68. The number of ether oxygens (including phenoxy) is 1. The number of anilines is 1. The van der Waals surface area contributed by atoms with Crippen LogP contribution in [0.3, 0.4) is 0 Å². The molecular weight excluding hydrogens is 412 g/mol. The summed E-state index contributed by atoms with van der Waals surface area (Å²) in [4.78, 5) is 12.4. The van der Waals surface area contributed by atoms with Gasteiger partial charge in [-0.15, -0.1) is 0 Å². The Bertz CT molecular complexity index is 1040. The zero-order valence-electron chi connectivity index (χ0n) is 18.0. The fourth-order valence-corrected chi connectivity index (χ4v) is 6.38. The van der Waals surface area contributed by atoms with Gasteiger partial charge in [-0.1, -0.05) is 24.6 Å². The van der Waals surface area contributed by atoms with Crippen LogP contribution in [0, 0.1) is 24.7 Å². The van der Waals surface area contributed by atoms with Crippen molar-refractivity contribution in [2.24, 2.45) is 17.8 Å². The molecule has 2 aromatic rings. The lowest BCUT2D eigenvalue weighted by molar-refractivity contribution is -0.118. The molecule has 0 saturated heterocycles. The summed E-state index contributed by atoms with van der Waals surface area (Å²) in [5.41, 5.74) is 1.48. The summed E-state index contributed by atoms with van der Waals surface area (Å²) in [5.74, 6) is 2.22. The Labute approximate surface area is 184 Å². The van der Waals surface area contributed by atoms with E-state index >= 15 is 0 Å². The fourth-order valence-electron chi connectivity index (χ4n) is 5.08. The van der Waals surface area contributed by atoms with E-state index in [4.69, 9.17) is 4.74 Å². The van der Waals surface area contributed by atoms with Gasteiger partial charge >= 0.3 is 0 Å². The number of amides is 1. The first-order valence-corrected chi connectivity index (χ1v) is 12.4. The van der Waals surface area contributed by atoms with Crippen molar-refractivity contribution in [3.63, 3.8) is 0 Å². The van der Waals surface area contributed by atoms with Crippen LogP contribution in [0.5, 0.6) is 5.75 Å². The molecule has 0 aliphatic heterocycles. The SMILES string of the molecule is Cc1ccccc1OCC(=O)Nc1ccc(S(=O)(=O)N[C@H](C)[C@H]2C[C@H]3CC[C@H]2C3)cc1. The maximum absolute atomic E-state index is 12.8. The van der Waals surface area contributed by atoms with E-state index in [9.17, 15) is 13.2 Å². The number of carbonyl (C=O) groups excluding carboxylic acids is 1. The predicted molar refractivity (Wildman–Crippen MR) is 120 cm³/mol. The minimum atomic E-state index is -3.60. The number of fused-ring (bicyclic) bond motifs is 2. The van der Waals surface area contributed by atoms with Gasteiger partial charge in [-0.2, -0.15) is 0 Å². The second kappa shape index (κ2) is 9.01. The summed E-state index contributed by atoms with van der Waals surface area (Å²) in [6, 6.07) is 13.7. The molecule has 2 fully saturated rings. The Morgan fingerprint density at radius 1 is 1.10 bits per heavy atom. The summed E-state index contributed by atoms with van der Waals surface area (Å²) in [6.45, 7) is 3.78. The second-order valence-electron chi connectivity index (χ2n) is 8.88. The molecule has 166 valence electrons. The zero-order valence-corrected chi connectivity index (χ0v) is 18.8. The standard InChI is InChI=1S/C24H30N2O4S/c1-16-5-3-4-6-23(16)30-15-24(27)25-20-9-11-21(12-10-20)31(28,29)26-17(2)22-14-18-7-8-19(22)13-18/h3-6,9-12,17-19,22,26H,7-8,13-15H2,1-2H3,(H,25,27)/t17-,18+,19+,22-/m1/s1. The van der Waals surface area contributed by atoms with Gasteiger partial charge < -0.3 is 10.1 Å². The third kappa shape index (κ3) is 5.10. The van der Waals surface area contributed by atoms with Crippen molar-refractivity contribution in [2.75, 3.05) is 11.9 Å². The van der Waals surface area contributed by atoms with E-state index < -0.39 is 10.0 Å². The highest BCUT2D eigenvalue weighted by Gasteiger charge is 2.42. The molecule has 0 spiro atoms. The highest BCUT2D eigenvalue weighted by atomic mass is 32.2. The van der Waals surface area contributed by atoms with E-state index in [1.807, 2.05) is 38.1 Å². The highest BCUT2D eigenvalue weighted by Crippen LogP contribution is 2.49. The average Bonchev–Trinajstić information content (AvgIpc) is 3.37. The zero-order chi connectivity index (χ0) is 22.0. The van der Waals surface area contributed by atoms with Crippen LogP contribution < -0.4 is 14.8 Å².